The van der Waals surface area contributed by atoms with Crippen LogP contribution in [0.2, 0.25) is 0 Å². The van der Waals surface area contributed by atoms with Crippen molar-refractivity contribution in [3.05, 3.63) is 71.0 Å². The third-order valence-corrected chi connectivity index (χ3v) is 5.37. The first-order valence-electron chi connectivity index (χ1n) is 8.82. The van der Waals surface area contributed by atoms with Gasteiger partial charge in [0.25, 0.3) is 0 Å². The van der Waals surface area contributed by atoms with Gasteiger partial charge in [-0.3, -0.25) is 4.98 Å². The molecular weight excluding hydrogens is 324 g/mol. The van der Waals surface area contributed by atoms with Crippen LogP contribution >= 0.6 is 11.3 Å². The Morgan fingerprint density at radius 1 is 1.00 bits per heavy atom. The molecule has 3 rings (SSSR count). The first kappa shape index (κ1) is 17.4. The highest BCUT2D eigenvalue weighted by Crippen LogP contribution is 2.33. The number of thiophene rings is 1. The zero-order valence-electron chi connectivity index (χ0n) is 14.5. The maximum atomic E-state index is 7.06. The van der Waals surface area contributed by atoms with Gasteiger partial charge in [-0.1, -0.05) is 50.5 Å². The van der Waals surface area contributed by atoms with Gasteiger partial charge in [0, 0.05) is 11.1 Å². The lowest BCUT2D eigenvalue weighted by molar-refractivity contribution is 0.668. The van der Waals surface area contributed by atoms with E-state index in [0.29, 0.717) is 5.69 Å². The summed E-state index contributed by atoms with van der Waals surface area (Å²) in [6.45, 7) is 9.31. The number of rotatable bonds is 7. The fourth-order valence-electron chi connectivity index (χ4n) is 2.96. The Labute approximate surface area is 154 Å². The number of unbranched alkanes of at least 4 members (excludes halogenated alkanes) is 3. The van der Waals surface area contributed by atoms with Crippen molar-refractivity contribution in [3.63, 3.8) is 0 Å². The molecule has 0 aliphatic rings. The zero-order valence-corrected chi connectivity index (χ0v) is 15.4. The summed E-state index contributed by atoms with van der Waals surface area (Å²) in [6, 6.07) is 14.2. The van der Waals surface area contributed by atoms with Gasteiger partial charge < -0.3 is 0 Å². The average molecular weight is 346 g/mol. The minimum atomic E-state index is 0.660. The molecule has 0 fully saturated rings. The third kappa shape index (κ3) is 4.35. The van der Waals surface area contributed by atoms with Crippen molar-refractivity contribution in [2.75, 3.05) is 0 Å². The average Bonchev–Trinajstić information content (AvgIpc) is 3.14. The Hall–Kier alpha value is -2.44. The lowest BCUT2D eigenvalue weighted by Crippen LogP contribution is -1.88. The fourth-order valence-corrected chi connectivity index (χ4v) is 3.92. The molecule has 0 saturated heterocycles. The van der Waals surface area contributed by atoms with E-state index >= 15 is 0 Å². The standard InChI is InChI=1S/C22H22N2S/c1-3-4-5-6-7-18-13-15-25-22(18)19-12-14-24-21(16-19)17-8-10-20(23-2)11-9-17/h8-16H,3-7H2,1H3. The first-order valence-corrected chi connectivity index (χ1v) is 9.70. The molecule has 0 bridgehead atoms. The van der Waals surface area contributed by atoms with Crippen LogP contribution in [0.4, 0.5) is 5.69 Å². The molecule has 1 aromatic carbocycles. The summed E-state index contributed by atoms with van der Waals surface area (Å²) in [5.41, 5.74) is 5.35. The van der Waals surface area contributed by atoms with Crippen molar-refractivity contribution < 1.29 is 0 Å². The summed E-state index contributed by atoms with van der Waals surface area (Å²) < 4.78 is 0. The van der Waals surface area contributed by atoms with Gasteiger partial charge in [-0.05, 0) is 53.1 Å². The lowest BCUT2D eigenvalue weighted by Gasteiger charge is -2.07. The van der Waals surface area contributed by atoms with Gasteiger partial charge in [0.05, 0.1) is 12.3 Å². The minimum absolute atomic E-state index is 0.660. The number of benzene rings is 1. The summed E-state index contributed by atoms with van der Waals surface area (Å²) in [5.74, 6) is 0. The van der Waals surface area contributed by atoms with E-state index in [4.69, 9.17) is 6.57 Å². The second-order valence-electron chi connectivity index (χ2n) is 6.17. The van der Waals surface area contributed by atoms with Crippen molar-refractivity contribution in [1.29, 1.82) is 0 Å². The molecule has 126 valence electrons. The van der Waals surface area contributed by atoms with Gasteiger partial charge in [-0.15, -0.1) is 11.3 Å². The van der Waals surface area contributed by atoms with Crippen molar-refractivity contribution >= 4 is 17.0 Å². The molecule has 2 aromatic heterocycles. The molecule has 0 N–H and O–H groups in total. The molecule has 0 amide bonds. The lowest BCUT2D eigenvalue weighted by atomic mass is 10.0. The number of hydrogen-bond donors (Lipinski definition) is 0. The highest BCUT2D eigenvalue weighted by molar-refractivity contribution is 7.13. The number of hydrogen-bond acceptors (Lipinski definition) is 2. The maximum Gasteiger partial charge on any atom is 0.187 e. The molecule has 0 radical (unpaired) electrons. The SMILES string of the molecule is [C-]#[N+]c1ccc(-c2cc(-c3sccc3CCCCCC)ccn2)cc1. The molecule has 0 aliphatic heterocycles. The second kappa shape index (κ2) is 8.60. The highest BCUT2D eigenvalue weighted by atomic mass is 32.1. The molecule has 0 aliphatic carbocycles. The second-order valence-corrected chi connectivity index (χ2v) is 7.09. The Morgan fingerprint density at radius 2 is 1.84 bits per heavy atom. The smallest absolute Gasteiger partial charge is 0.187 e. The molecule has 0 atom stereocenters. The van der Waals surface area contributed by atoms with Crippen LogP contribution in [0.15, 0.2) is 54.0 Å². The van der Waals surface area contributed by atoms with Crippen molar-refractivity contribution in [2.24, 2.45) is 0 Å². The molecule has 0 unspecified atom stereocenters. The summed E-state index contributed by atoms with van der Waals surface area (Å²) in [4.78, 5) is 9.33. The Bertz CT molecular complexity index is 856. The van der Waals surface area contributed by atoms with Crippen molar-refractivity contribution in [1.82, 2.24) is 4.98 Å². The quantitative estimate of drug-likeness (QED) is 0.328. The van der Waals surface area contributed by atoms with E-state index in [0.717, 1.165) is 17.7 Å². The number of aromatic nitrogens is 1. The Morgan fingerprint density at radius 3 is 2.60 bits per heavy atom. The molecule has 0 saturated carbocycles. The van der Waals surface area contributed by atoms with Crippen LogP contribution in [0.1, 0.15) is 38.2 Å². The van der Waals surface area contributed by atoms with E-state index < -0.39 is 0 Å². The Kier molecular flexibility index (Phi) is 5.98. The van der Waals surface area contributed by atoms with Gasteiger partial charge in [0.15, 0.2) is 5.69 Å². The van der Waals surface area contributed by atoms with E-state index in [1.165, 1.54) is 41.7 Å². The van der Waals surface area contributed by atoms with Gasteiger partial charge >= 0.3 is 0 Å². The normalized spacial score (nSPS) is 10.6. The topological polar surface area (TPSA) is 17.2 Å². The van der Waals surface area contributed by atoms with E-state index in [1.807, 2.05) is 41.8 Å². The molecular formula is C22H22N2S. The van der Waals surface area contributed by atoms with Crippen LogP contribution in [0.3, 0.4) is 0 Å². The van der Waals surface area contributed by atoms with Gasteiger partial charge in [0.2, 0.25) is 0 Å². The van der Waals surface area contributed by atoms with Crippen LogP contribution < -0.4 is 0 Å². The minimum Gasteiger partial charge on any atom is -0.256 e. The largest absolute Gasteiger partial charge is 0.256 e. The number of nitrogens with zero attached hydrogens (tertiary/aromatic N) is 2. The molecule has 2 nitrogen and oxygen atoms in total. The summed E-state index contributed by atoms with van der Waals surface area (Å²) in [6.07, 6.45) is 8.19. The summed E-state index contributed by atoms with van der Waals surface area (Å²) in [5, 5.41) is 2.19. The van der Waals surface area contributed by atoms with Crippen LogP contribution in [-0.2, 0) is 6.42 Å². The molecule has 25 heavy (non-hydrogen) atoms. The predicted molar refractivity (Wildman–Crippen MR) is 107 cm³/mol. The van der Waals surface area contributed by atoms with Gasteiger partial charge in [0.1, 0.15) is 0 Å². The fraction of sp³-hybridized carbons (Fsp3) is 0.273. The van der Waals surface area contributed by atoms with E-state index in [2.05, 4.69) is 40.3 Å². The molecule has 3 heteroatoms. The summed E-state index contributed by atoms with van der Waals surface area (Å²) in [7, 11) is 0. The molecule has 3 aromatic rings. The number of aryl methyl sites for hydroxylation is 1. The predicted octanol–water partition coefficient (Wildman–Crippen LogP) is 7.15. The van der Waals surface area contributed by atoms with Crippen LogP contribution in [-0.4, -0.2) is 4.98 Å². The van der Waals surface area contributed by atoms with Gasteiger partial charge in [-0.2, -0.15) is 0 Å². The van der Waals surface area contributed by atoms with E-state index in [-0.39, 0.29) is 0 Å². The van der Waals surface area contributed by atoms with Crippen molar-refractivity contribution in [2.45, 2.75) is 39.0 Å². The first-order chi connectivity index (χ1) is 12.3. The van der Waals surface area contributed by atoms with Gasteiger partial charge in [-0.25, -0.2) is 4.85 Å². The molecule has 0 spiro atoms. The monoisotopic (exact) mass is 346 g/mol. The van der Waals surface area contributed by atoms with E-state index in [1.54, 1.807) is 0 Å². The zero-order chi connectivity index (χ0) is 17.5. The van der Waals surface area contributed by atoms with E-state index in [9.17, 15) is 0 Å². The maximum absolute atomic E-state index is 7.06. The van der Waals surface area contributed by atoms with Crippen LogP contribution in [0.25, 0.3) is 26.5 Å². The van der Waals surface area contributed by atoms with Crippen LogP contribution in [0, 0.1) is 6.57 Å². The van der Waals surface area contributed by atoms with Crippen LogP contribution in [0.5, 0.6) is 0 Å². The highest BCUT2D eigenvalue weighted by Gasteiger charge is 2.09. The summed E-state index contributed by atoms with van der Waals surface area (Å²) >= 11 is 1.81. The molecule has 2 heterocycles. The Balaban J connectivity index is 1.82. The third-order valence-electron chi connectivity index (χ3n) is 4.36. The number of pyridine rings is 1. The van der Waals surface area contributed by atoms with Crippen molar-refractivity contribution in [3.8, 4) is 21.7 Å².